The van der Waals surface area contributed by atoms with E-state index in [-0.39, 0.29) is 5.41 Å². The van der Waals surface area contributed by atoms with Gasteiger partial charge in [0.2, 0.25) is 0 Å². The van der Waals surface area contributed by atoms with Crippen LogP contribution in [0.5, 0.6) is 5.75 Å². The number of anilines is 1. The van der Waals surface area contributed by atoms with Crippen molar-refractivity contribution in [3.63, 3.8) is 0 Å². The van der Waals surface area contributed by atoms with Crippen LogP contribution >= 0.6 is 0 Å². The quantitative estimate of drug-likeness (QED) is 0.775. The molecule has 2 rings (SSSR count). The fourth-order valence-corrected chi connectivity index (χ4v) is 2.77. The number of benzene rings is 1. The zero-order chi connectivity index (χ0) is 14.0. The molecule has 1 aromatic rings. The molecular formula is C16H20N2O. The summed E-state index contributed by atoms with van der Waals surface area (Å²) in [4.78, 5) is 2.20. The summed E-state index contributed by atoms with van der Waals surface area (Å²) in [5.74, 6) is 0.892. The zero-order valence-electron chi connectivity index (χ0n) is 12.0. The molecule has 0 spiro atoms. The fourth-order valence-electron chi connectivity index (χ4n) is 2.77. The highest BCUT2D eigenvalue weighted by Gasteiger charge is 2.39. The Kier molecular flexibility index (Phi) is 3.53. The number of ether oxygens (including phenoxy) is 1. The van der Waals surface area contributed by atoms with Gasteiger partial charge in [-0.2, -0.15) is 5.26 Å². The number of hydrogen-bond acceptors (Lipinski definition) is 3. The highest BCUT2D eigenvalue weighted by Crippen LogP contribution is 2.48. The molecule has 0 saturated carbocycles. The predicted octanol–water partition coefficient (Wildman–Crippen LogP) is 3.61. The normalized spacial score (nSPS) is 18.3. The number of rotatable bonds is 3. The molecule has 0 saturated heterocycles. The molecule has 0 unspecified atom stereocenters. The van der Waals surface area contributed by atoms with Crippen molar-refractivity contribution in [3.05, 3.63) is 35.5 Å². The molecule has 0 bridgehead atoms. The molecule has 100 valence electrons. The molecule has 3 nitrogen and oxygen atoms in total. The van der Waals surface area contributed by atoms with E-state index in [1.165, 1.54) is 11.3 Å². The molecule has 19 heavy (non-hydrogen) atoms. The van der Waals surface area contributed by atoms with Crippen LogP contribution in [-0.4, -0.2) is 13.2 Å². The van der Waals surface area contributed by atoms with Crippen molar-refractivity contribution in [1.29, 1.82) is 5.26 Å². The SMILES string of the molecule is CCOc1ccc2c(c1)C(C)(C)C(=CC#N)N2CC. The molecule has 1 aliphatic heterocycles. The van der Waals surface area contributed by atoms with Crippen molar-refractivity contribution in [2.24, 2.45) is 0 Å². The van der Waals surface area contributed by atoms with Gasteiger partial charge in [0.05, 0.1) is 12.7 Å². The third kappa shape index (κ3) is 2.08. The van der Waals surface area contributed by atoms with Crippen molar-refractivity contribution >= 4 is 5.69 Å². The number of hydrogen-bond donors (Lipinski definition) is 0. The van der Waals surface area contributed by atoms with Gasteiger partial charge in [-0.1, -0.05) is 13.8 Å². The summed E-state index contributed by atoms with van der Waals surface area (Å²) in [7, 11) is 0. The van der Waals surface area contributed by atoms with Gasteiger partial charge in [-0.25, -0.2) is 0 Å². The average molecular weight is 256 g/mol. The number of nitrogens with zero attached hydrogens (tertiary/aromatic N) is 2. The standard InChI is InChI=1S/C16H20N2O/c1-5-18-14-8-7-12(19-6-2)11-13(14)16(3,4)15(18)9-10-17/h7-9,11H,5-6H2,1-4H3. The van der Waals surface area contributed by atoms with E-state index in [1.807, 2.05) is 13.0 Å². The van der Waals surface area contributed by atoms with Crippen molar-refractivity contribution < 1.29 is 4.74 Å². The minimum absolute atomic E-state index is 0.159. The topological polar surface area (TPSA) is 36.3 Å². The minimum Gasteiger partial charge on any atom is -0.494 e. The highest BCUT2D eigenvalue weighted by molar-refractivity contribution is 5.72. The maximum absolute atomic E-state index is 9.01. The summed E-state index contributed by atoms with van der Waals surface area (Å²) in [5, 5.41) is 9.01. The van der Waals surface area contributed by atoms with Crippen molar-refractivity contribution in [3.8, 4) is 11.8 Å². The van der Waals surface area contributed by atoms with Crippen LogP contribution in [0.15, 0.2) is 30.0 Å². The number of fused-ring (bicyclic) bond motifs is 1. The van der Waals surface area contributed by atoms with E-state index in [9.17, 15) is 0 Å². The Labute approximate surface area is 115 Å². The molecule has 3 heteroatoms. The van der Waals surface area contributed by atoms with Crippen LogP contribution in [0.2, 0.25) is 0 Å². The van der Waals surface area contributed by atoms with E-state index in [4.69, 9.17) is 10.00 Å². The summed E-state index contributed by atoms with van der Waals surface area (Å²) in [6.45, 7) is 9.92. The molecule has 0 amide bonds. The summed E-state index contributed by atoms with van der Waals surface area (Å²) in [5.41, 5.74) is 3.30. The van der Waals surface area contributed by atoms with E-state index in [2.05, 4.69) is 43.9 Å². The third-order valence-corrected chi connectivity index (χ3v) is 3.69. The molecule has 0 aromatic heterocycles. The van der Waals surface area contributed by atoms with Crippen molar-refractivity contribution in [1.82, 2.24) is 0 Å². The van der Waals surface area contributed by atoms with Gasteiger partial charge < -0.3 is 9.64 Å². The molecule has 0 radical (unpaired) electrons. The van der Waals surface area contributed by atoms with E-state index in [1.54, 1.807) is 6.08 Å². The van der Waals surface area contributed by atoms with Gasteiger partial charge in [-0.3, -0.25) is 0 Å². The van der Waals surface area contributed by atoms with Crippen LogP contribution in [0, 0.1) is 11.3 Å². The summed E-state index contributed by atoms with van der Waals surface area (Å²) in [6.07, 6.45) is 1.66. The third-order valence-electron chi connectivity index (χ3n) is 3.69. The van der Waals surface area contributed by atoms with Gasteiger partial charge in [0.1, 0.15) is 5.75 Å². The smallest absolute Gasteiger partial charge is 0.119 e. The Morgan fingerprint density at radius 2 is 2.11 bits per heavy atom. The van der Waals surface area contributed by atoms with Gasteiger partial charge in [0, 0.05) is 29.4 Å². The van der Waals surface area contributed by atoms with Crippen LogP contribution in [0.3, 0.4) is 0 Å². The van der Waals surface area contributed by atoms with Crippen molar-refractivity contribution in [2.45, 2.75) is 33.1 Å². The van der Waals surface area contributed by atoms with Crippen LogP contribution < -0.4 is 9.64 Å². The lowest BCUT2D eigenvalue weighted by Gasteiger charge is -2.25. The average Bonchev–Trinajstić information content (AvgIpc) is 2.59. The Morgan fingerprint density at radius 1 is 1.37 bits per heavy atom. The molecule has 0 aliphatic carbocycles. The summed E-state index contributed by atoms with van der Waals surface area (Å²) in [6, 6.07) is 8.35. The second-order valence-corrected chi connectivity index (χ2v) is 5.14. The molecule has 0 N–H and O–H groups in total. The second-order valence-electron chi connectivity index (χ2n) is 5.14. The van der Waals surface area contributed by atoms with Crippen LogP contribution in [0.25, 0.3) is 0 Å². The van der Waals surface area contributed by atoms with Crippen molar-refractivity contribution in [2.75, 3.05) is 18.1 Å². The number of allylic oxidation sites excluding steroid dienone is 2. The zero-order valence-corrected chi connectivity index (χ0v) is 12.0. The Balaban J connectivity index is 2.57. The molecular weight excluding hydrogens is 236 g/mol. The van der Waals surface area contributed by atoms with E-state index in [0.29, 0.717) is 6.61 Å². The maximum Gasteiger partial charge on any atom is 0.119 e. The first kappa shape index (κ1) is 13.5. The Bertz CT molecular complexity index is 552. The fraction of sp³-hybridized carbons (Fsp3) is 0.438. The molecule has 1 aliphatic rings. The van der Waals surface area contributed by atoms with Gasteiger partial charge >= 0.3 is 0 Å². The summed E-state index contributed by atoms with van der Waals surface area (Å²) < 4.78 is 5.59. The second kappa shape index (κ2) is 4.97. The predicted molar refractivity (Wildman–Crippen MR) is 77.4 cm³/mol. The number of nitriles is 1. The lowest BCUT2D eigenvalue weighted by Crippen LogP contribution is -2.25. The lowest BCUT2D eigenvalue weighted by molar-refractivity contribution is 0.339. The van der Waals surface area contributed by atoms with Crippen LogP contribution in [0.4, 0.5) is 5.69 Å². The highest BCUT2D eigenvalue weighted by atomic mass is 16.5. The monoisotopic (exact) mass is 256 g/mol. The molecule has 0 atom stereocenters. The molecule has 1 heterocycles. The lowest BCUT2D eigenvalue weighted by atomic mass is 9.83. The largest absolute Gasteiger partial charge is 0.494 e. The van der Waals surface area contributed by atoms with E-state index >= 15 is 0 Å². The Hall–Kier alpha value is -1.95. The van der Waals surface area contributed by atoms with Gasteiger partial charge in [0.25, 0.3) is 0 Å². The molecule has 1 aromatic carbocycles. The minimum atomic E-state index is -0.159. The number of likely N-dealkylation sites (N-methyl/N-ethyl adjacent to an activating group) is 1. The summed E-state index contributed by atoms with van der Waals surface area (Å²) >= 11 is 0. The van der Waals surface area contributed by atoms with Crippen LogP contribution in [0.1, 0.15) is 33.3 Å². The first-order valence-corrected chi connectivity index (χ1v) is 6.71. The first-order valence-electron chi connectivity index (χ1n) is 6.71. The van der Waals surface area contributed by atoms with Crippen LogP contribution in [-0.2, 0) is 5.41 Å². The van der Waals surface area contributed by atoms with Gasteiger partial charge in [-0.05, 0) is 37.6 Å². The van der Waals surface area contributed by atoms with E-state index < -0.39 is 0 Å². The van der Waals surface area contributed by atoms with Gasteiger partial charge in [-0.15, -0.1) is 0 Å². The maximum atomic E-state index is 9.01. The van der Waals surface area contributed by atoms with Gasteiger partial charge in [0.15, 0.2) is 0 Å². The van der Waals surface area contributed by atoms with E-state index in [0.717, 1.165) is 18.0 Å². The first-order chi connectivity index (χ1) is 9.06. The Morgan fingerprint density at radius 3 is 2.68 bits per heavy atom. The molecule has 0 fully saturated rings.